The molecule has 11 heteroatoms. The maximum Gasteiger partial charge on any atom is 0.264 e. The summed E-state index contributed by atoms with van der Waals surface area (Å²) in [6.45, 7) is 0. The number of ether oxygens (including phenoxy) is 2. The van der Waals surface area contributed by atoms with Crippen LogP contribution in [-0.2, 0) is 38.1 Å². The quantitative estimate of drug-likeness (QED) is 0.574. The summed E-state index contributed by atoms with van der Waals surface area (Å²) in [5, 5.41) is 0. The lowest BCUT2D eigenvalue weighted by Crippen LogP contribution is -2.50. The predicted octanol–water partition coefficient (Wildman–Crippen LogP) is -0.547. The second-order valence-corrected chi connectivity index (χ2v) is 8.89. The summed E-state index contributed by atoms with van der Waals surface area (Å²) < 4.78 is 66.3. The van der Waals surface area contributed by atoms with Gasteiger partial charge in [0.25, 0.3) is 20.2 Å². The first-order valence-electron chi connectivity index (χ1n) is 5.97. The van der Waals surface area contributed by atoms with Crippen molar-refractivity contribution in [2.24, 2.45) is 0 Å². The molecule has 0 aromatic heterocycles. The Kier molecular flexibility index (Phi) is 6.90. The maximum absolute atomic E-state index is 11.4. The highest BCUT2D eigenvalue weighted by Gasteiger charge is 2.43. The summed E-state index contributed by atoms with van der Waals surface area (Å²) in [7, 11) is -4.85. The Bertz CT molecular complexity index is 481. The molecule has 0 amide bonds. The molecule has 21 heavy (non-hydrogen) atoms. The lowest BCUT2D eigenvalue weighted by atomic mass is 10.1. The van der Waals surface area contributed by atoms with E-state index in [0.717, 1.165) is 12.5 Å². The standard InChI is InChI=1S/C10H20O8S3/c1-15-7-5-19-6-8(16-2)10(18-21(4,13)14)9(7)17-20(3,11)12/h7-10H,5-6H2,1-4H3/t7-,8-,9-,10-/m1/s1. The van der Waals surface area contributed by atoms with E-state index in [9.17, 15) is 16.8 Å². The van der Waals surface area contributed by atoms with Crippen molar-refractivity contribution in [3.05, 3.63) is 0 Å². The lowest BCUT2D eigenvalue weighted by Gasteiger charge is -2.31. The molecule has 1 saturated heterocycles. The molecule has 0 N–H and O–H groups in total. The second-order valence-electron chi connectivity index (χ2n) is 4.62. The number of hydrogen-bond donors (Lipinski definition) is 0. The monoisotopic (exact) mass is 364 g/mol. The molecule has 126 valence electrons. The van der Waals surface area contributed by atoms with Crippen LogP contribution in [0.2, 0.25) is 0 Å². The van der Waals surface area contributed by atoms with Crippen LogP contribution in [0.3, 0.4) is 0 Å². The van der Waals surface area contributed by atoms with E-state index in [-0.39, 0.29) is 0 Å². The zero-order valence-electron chi connectivity index (χ0n) is 12.2. The van der Waals surface area contributed by atoms with E-state index >= 15 is 0 Å². The van der Waals surface area contributed by atoms with E-state index in [1.165, 1.54) is 26.0 Å². The SMILES string of the molecule is CO[C@@H]1CSC[C@@H](OC)[C@@H](OS(C)(=O)=O)[C@@H]1OS(C)(=O)=O. The molecule has 0 saturated carbocycles. The normalized spacial score (nSPS) is 31.8. The third kappa shape index (κ3) is 6.38. The Hall–Kier alpha value is 0.0900. The number of methoxy groups -OCH3 is 2. The average molecular weight is 364 g/mol. The number of hydrogen-bond acceptors (Lipinski definition) is 9. The average Bonchev–Trinajstić information content (AvgIpc) is 2.46. The minimum Gasteiger partial charge on any atom is -0.378 e. The van der Waals surface area contributed by atoms with Gasteiger partial charge in [0.05, 0.1) is 24.7 Å². The van der Waals surface area contributed by atoms with Crippen LogP contribution in [0.25, 0.3) is 0 Å². The van der Waals surface area contributed by atoms with Gasteiger partial charge in [0.2, 0.25) is 0 Å². The fourth-order valence-corrected chi connectivity index (χ4v) is 4.48. The highest BCUT2D eigenvalue weighted by molar-refractivity contribution is 7.99. The Morgan fingerprint density at radius 1 is 0.810 bits per heavy atom. The Morgan fingerprint density at radius 3 is 1.38 bits per heavy atom. The molecule has 1 heterocycles. The van der Waals surface area contributed by atoms with Crippen molar-refractivity contribution >= 4 is 32.0 Å². The molecule has 0 aromatic carbocycles. The topological polar surface area (TPSA) is 105 Å². The van der Waals surface area contributed by atoms with Gasteiger partial charge in [0.1, 0.15) is 12.2 Å². The first-order valence-corrected chi connectivity index (χ1v) is 10.8. The molecular formula is C10H20O8S3. The van der Waals surface area contributed by atoms with Gasteiger partial charge >= 0.3 is 0 Å². The highest BCUT2D eigenvalue weighted by atomic mass is 32.2. The van der Waals surface area contributed by atoms with E-state index in [0.29, 0.717) is 11.5 Å². The van der Waals surface area contributed by atoms with Crippen molar-refractivity contribution in [3.63, 3.8) is 0 Å². The zero-order chi connectivity index (χ0) is 16.3. The van der Waals surface area contributed by atoms with Crippen LogP contribution < -0.4 is 0 Å². The van der Waals surface area contributed by atoms with Crippen LogP contribution in [-0.4, -0.2) is 79.5 Å². The molecule has 4 atom stereocenters. The number of rotatable bonds is 6. The van der Waals surface area contributed by atoms with Crippen molar-refractivity contribution in [1.82, 2.24) is 0 Å². The van der Waals surface area contributed by atoms with Crippen LogP contribution in [0.5, 0.6) is 0 Å². The van der Waals surface area contributed by atoms with Gasteiger partial charge in [-0.05, 0) is 0 Å². The molecule has 0 aromatic rings. The molecule has 0 bridgehead atoms. The van der Waals surface area contributed by atoms with Crippen molar-refractivity contribution in [2.45, 2.75) is 24.4 Å². The summed E-state index contributed by atoms with van der Waals surface area (Å²) in [6.07, 6.45) is -1.73. The lowest BCUT2D eigenvalue weighted by molar-refractivity contribution is -0.0811. The fraction of sp³-hybridized carbons (Fsp3) is 1.00. The van der Waals surface area contributed by atoms with Crippen LogP contribution >= 0.6 is 11.8 Å². The molecule has 1 aliphatic rings. The van der Waals surface area contributed by atoms with E-state index in [1.807, 2.05) is 0 Å². The Morgan fingerprint density at radius 2 is 1.14 bits per heavy atom. The molecule has 8 nitrogen and oxygen atoms in total. The van der Waals surface area contributed by atoms with Gasteiger partial charge < -0.3 is 9.47 Å². The summed E-state index contributed by atoms with van der Waals surface area (Å²) in [5.74, 6) is 0.861. The summed E-state index contributed by atoms with van der Waals surface area (Å²) in [4.78, 5) is 0. The Labute approximate surface area is 129 Å². The third-order valence-corrected chi connectivity index (χ3v) is 5.07. The van der Waals surface area contributed by atoms with Crippen molar-refractivity contribution < 1.29 is 34.7 Å². The summed E-state index contributed by atoms with van der Waals surface area (Å²) in [6, 6.07) is 0. The fourth-order valence-electron chi connectivity index (χ4n) is 1.95. The van der Waals surface area contributed by atoms with Crippen molar-refractivity contribution in [2.75, 3.05) is 38.2 Å². The van der Waals surface area contributed by atoms with Crippen molar-refractivity contribution in [3.8, 4) is 0 Å². The van der Waals surface area contributed by atoms with Crippen LogP contribution in [0.1, 0.15) is 0 Å². The van der Waals surface area contributed by atoms with E-state index in [2.05, 4.69) is 0 Å². The highest BCUT2D eigenvalue weighted by Crippen LogP contribution is 2.28. The zero-order valence-corrected chi connectivity index (χ0v) is 14.7. The largest absolute Gasteiger partial charge is 0.378 e. The molecule has 1 rings (SSSR count). The minimum absolute atomic E-state index is 0.431. The minimum atomic E-state index is -3.82. The van der Waals surface area contributed by atoms with Crippen molar-refractivity contribution in [1.29, 1.82) is 0 Å². The molecule has 1 aliphatic heterocycles. The molecule has 0 unspecified atom stereocenters. The van der Waals surface area contributed by atoms with E-state index in [1.54, 1.807) is 0 Å². The van der Waals surface area contributed by atoms with Gasteiger partial charge in [-0.25, -0.2) is 0 Å². The van der Waals surface area contributed by atoms with E-state index < -0.39 is 44.7 Å². The maximum atomic E-state index is 11.4. The second kappa shape index (κ2) is 7.57. The van der Waals surface area contributed by atoms with Crippen LogP contribution in [0, 0.1) is 0 Å². The number of thioether (sulfide) groups is 1. The van der Waals surface area contributed by atoms with Crippen LogP contribution in [0.4, 0.5) is 0 Å². The first kappa shape index (κ1) is 19.1. The first-order chi connectivity index (χ1) is 9.57. The molecule has 0 aliphatic carbocycles. The molecular weight excluding hydrogens is 344 g/mol. The third-order valence-electron chi connectivity index (χ3n) is 2.80. The molecule has 1 fully saturated rings. The summed E-state index contributed by atoms with van der Waals surface area (Å²) in [5.41, 5.74) is 0. The van der Waals surface area contributed by atoms with Gasteiger partial charge in [0, 0.05) is 25.7 Å². The molecule has 0 spiro atoms. The predicted molar refractivity (Wildman–Crippen MR) is 78.4 cm³/mol. The van der Waals surface area contributed by atoms with Gasteiger partial charge in [-0.1, -0.05) is 0 Å². The smallest absolute Gasteiger partial charge is 0.264 e. The molecule has 0 radical (unpaired) electrons. The van der Waals surface area contributed by atoms with E-state index in [4.69, 9.17) is 17.8 Å². The van der Waals surface area contributed by atoms with Gasteiger partial charge in [-0.2, -0.15) is 28.6 Å². The van der Waals surface area contributed by atoms with Gasteiger partial charge in [-0.3, -0.25) is 8.37 Å². The van der Waals surface area contributed by atoms with Gasteiger partial charge in [0.15, 0.2) is 0 Å². The summed E-state index contributed by atoms with van der Waals surface area (Å²) >= 11 is 1.44. The Balaban J connectivity index is 3.18. The van der Waals surface area contributed by atoms with Crippen LogP contribution in [0.15, 0.2) is 0 Å². The van der Waals surface area contributed by atoms with Gasteiger partial charge in [-0.15, -0.1) is 0 Å².